The Labute approximate surface area is 339 Å². The van der Waals surface area contributed by atoms with E-state index in [0.717, 1.165) is 0 Å². The van der Waals surface area contributed by atoms with Gasteiger partial charge in [-0.2, -0.15) is 0 Å². The van der Waals surface area contributed by atoms with Gasteiger partial charge in [0.1, 0.15) is 0 Å². The van der Waals surface area contributed by atoms with Gasteiger partial charge in [-0.15, -0.1) is 45.3 Å². The van der Waals surface area contributed by atoms with Crippen LogP contribution < -0.4 is 4.90 Å². The van der Waals surface area contributed by atoms with Crippen molar-refractivity contribution in [2.75, 3.05) is 19.0 Å². The zero-order chi connectivity index (χ0) is 37.4. The van der Waals surface area contributed by atoms with Gasteiger partial charge in [-0.1, -0.05) is 117 Å². The van der Waals surface area contributed by atoms with Gasteiger partial charge in [0.25, 0.3) is 0 Å². The zero-order valence-electron chi connectivity index (χ0n) is 33.9. The van der Waals surface area contributed by atoms with Crippen molar-refractivity contribution >= 4 is 51.0 Å². The average Bonchev–Trinajstić information content (AvgIpc) is 3.98. The summed E-state index contributed by atoms with van der Waals surface area (Å²) in [4.78, 5) is 12.8. The molecule has 0 saturated carbocycles. The van der Waals surface area contributed by atoms with Gasteiger partial charge in [-0.25, -0.2) is 0 Å². The van der Waals surface area contributed by atoms with Crippen LogP contribution in [0.25, 0.3) is 39.7 Å². The van der Waals surface area contributed by atoms with Crippen LogP contribution in [0.5, 0.6) is 0 Å². The van der Waals surface area contributed by atoms with Crippen molar-refractivity contribution in [1.29, 1.82) is 0 Å². The fourth-order valence-electron chi connectivity index (χ4n) is 7.47. The van der Waals surface area contributed by atoms with E-state index < -0.39 is 0 Å². The Bertz CT molecular complexity index is 1760. The van der Waals surface area contributed by atoms with Crippen LogP contribution in [-0.2, 0) is 25.7 Å². The van der Waals surface area contributed by atoms with Crippen molar-refractivity contribution in [2.24, 2.45) is 0 Å². The molecule has 5 rings (SSSR count). The van der Waals surface area contributed by atoms with Crippen LogP contribution in [0.2, 0.25) is 0 Å². The zero-order valence-corrected chi connectivity index (χ0v) is 37.2. The number of benzene rings is 1. The Morgan fingerprint density at radius 2 is 0.811 bits per heavy atom. The molecule has 0 aliphatic rings. The first-order valence-corrected chi connectivity index (χ1v) is 24.5. The maximum Gasteiger partial charge on any atom is 0.0481 e. The van der Waals surface area contributed by atoms with E-state index in [1.807, 2.05) is 11.3 Å². The topological polar surface area (TPSA) is 3.24 Å². The van der Waals surface area contributed by atoms with Crippen molar-refractivity contribution in [3.05, 3.63) is 76.2 Å². The molecule has 0 aliphatic heterocycles. The van der Waals surface area contributed by atoms with Crippen molar-refractivity contribution in [1.82, 2.24) is 0 Å². The summed E-state index contributed by atoms with van der Waals surface area (Å²) in [5.41, 5.74) is 8.91. The lowest BCUT2D eigenvalue weighted by Gasteiger charge is -2.12. The van der Waals surface area contributed by atoms with Crippen molar-refractivity contribution in [3.8, 4) is 39.7 Å². The van der Waals surface area contributed by atoms with Crippen LogP contribution in [0, 0.1) is 0 Å². The molecule has 4 heterocycles. The minimum atomic E-state index is 1.17. The highest BCUT2D eigenvalue weighted by molar-refractivity contribution is 7.29. The predicted octanol–water partition coefficient (Wildman–Crippen LogP) is 17.2. The molecule has 0 radical (unpaired) electrons. The van der Waals surface area contributed by atoms with Gasteiger partial charge in [0, 0.05) is 53.9 Å². The summed E-state index contributed by atoms with van der Waals surface area (Å²) < 4.78 is 0. The SMILES string of the molecule is CCCCCCc1cc(-c2sc(-c3sc(-c4sccc4CCCCCC)cc3CCCCCC)cc2CCCCCC)sc1-c1ccc(N(C)C)cc1. The minimum absolute atomic E-state index is 1.17. The lowest BCUT2D eigenvalue weighted by atomic mass is 10.0. The molecule has 0 amide bonds. The molecule has 1 nitrogen and oxygen atoms in total. The largest absolute Gasteiger partial charge is 0.378 e. The molecule has 1 aromatic carbocycles. The summed E-state index contributed by atoms with van der Waals surface area (Å²) in [7, 11) is 4.27. The van der Waals surface area contributed by atoms with Gasteiger partial charge in [0.15, 0.2) is 0 Å². The minimum Gasteiger partial charge on any atom is -0.378 e. The number of anilines is 1. The third kappa shape index (κ3) is 11.9. The first-order chi connectivity index (χ1) is 26.0. The standard InChI is InChI=1S/C48H67NS4/c1-7-11-15-19-23-36-31-32-50-46(36)42-34-39(25-21-17-13-9-3)48(52-42)44-35-40(26-22-18-14-10-4)47(53-44)43-33-38(24-20-16-12-8-2)45(51-43)37-27-29-41(30-28-37)49(5)6/h27-35H,7-26H2,1-6H3. The van der Waals surface area contributed by atoms with E-state index in [0.29, 0.717) is 0 Å². The molecule has 0 fully saturated rings. The van der Waals surface area contributed by atoms with E-state index in [-0.39, 0.29) is 0 Å². The van der Waals surface area contributed by atoms with Crippen molar-refractivity contribution in [2.45, 2.75) is 156 Å². The normalized spacial score (nSPS) is 11.6. The van der Waals surface area contributed by atoms with Crippen molar-refractivity contribution < 1.29 is 0 Å². The summed E-state index contributed by atoms with van der Waals surface area (Å²) >= 11 is 8.20. The molecule has 0 unspecified atom stereocenters. The second-order valence-corrected chi connectivity index (χ2v) is 19.4. The lowest BCUT2D eigenvalue weighted by Crippen LogP contribution is -2.07. The Morgan fingerprint density at radius 1 is 0.415 bits per heavy atom. The molecule has 0 N–H and O–H groups in total. The number of rotatable bonds is 25. The molecular formula is C48H67NS4. The van der Waals surface area contributed by atoms with Gasteiger partial charge in [-0.3, -0.25) is 0 Å². The molecule has 53 heavy (non-hydrogen) atoms. The van der Waals surface area contributed by atoms with E-state index in [2.05, 4.69) is 135 Å². The summed E-state index contributed by atoms with van der Waals surface area (Å²) in [6.07, 6.45) is 25.7. The number of thiophene rings is 4. The second kappa shape index (κ2) is 22.4. The molecule has 4 aromatic heterocycles. The maximum absolute atomic E-state index is 2.63. The van der Waals surface area contributed by atoms with Crippen molar-refractivity contribution in [3.63, 3.8) is 0 Å². The highest BCUT2D eigenvalue weighted by Crippen LogP contribution is 2.49. The van der Waals surface area contributed by atoms with E-state index in [1.54, 1.807) is 27.1 Å². The first-order valence-electron chi connectivity index (χ1n) is 21.2. The van der Waals surface area contributed by atoms with Crippen LogP contribution >= 0.6 is 45.3 Å². The third-order valence-electron chi connectivity index (χ3n) is 10.7. The summed E-state index contributed by atoms with van der Waals surface area (Å²) in [5, 5.41) is 2.34. The Kier molecular flexibility index (Phi) is 17.7. The third-order valence-corrected chi connectivity index (χ3v) is 15.8. The molecule has 0 bridgehead atoms. The van der Waals surface area contributed by atoms with Gasteiger partial charge in [-0.05, 0) is 121 Å². The van der Waals surface area contributed by atoms with Crippen LogP contribution in [0.4, 0.5) is 5.69 Å². The molecule has 0 spiro atoms. The van der Waals surface area contributed by atoms with E-state index in [4.69, 9.17) is 0 Å². The number of aryl methyl sites for hydroxylation is 4. The molecule has 5 heteroatoms. The Morgan fingerprint density at radius 3 is 1.25 bits per heavy atom. The Balaban J connectivity index is 1.55. The van der Waals surface area contributed by atoms with E-state index in [9.17, 15) is 0 Å². The van der Waals surface area contributed by atoms with E-state index in [1.165, 1.54) is 169 Å². The van der Waals surface area contributed by atoms with Gasteiger partial charge in [0.2, 0.25) is 0 Å². The fraction of sp³-hybridized carbons (Fsp3) is 0.542. The fourth-order valence-corrected chi connectivity index (χ4v) is 12.5. The average molecular weight is 786 g/mol. The van der Waals surface area contributed by atoms with Crippen LogP contribution in [0.3, 0.4) is 0 Å². The highest BCUT2D eigenvalue weighted by atomic mass is 32.1. The first kappa shape index (κ1) is 42.0. The highest BCUT2D eigenvalue weighted by Gasteiger charge is 2.22. The molecule has 288 valence electrons. The number of unbranched alkanes of at least 4 members (excludes halogenated alkanes) is 12. The molecule has 5 aromatic rings. The second-order valence-electron chi connectivity index (χ2n) is 15.4. The monoisotopic (exact) mass is 785 g/mol. The smallest absolute Gasteiger partial charge is 0.0481 e. The number of hydrogen-bond acceptors (Lipinski definition) is 5. The maximum atomic E-state index is 2.63. The number of hydrogen-bond donors (Lipinski definition) is 0. The summed E-state index contributed by atoms with van der Waals surface area (Å²) in [6.45, 7) is 9.29. The van der Waals surface area contributed by atoms with Gasteiger partial charge >= 0.3 is 0 Å². The number of nitrogens with zero attached hydrogens (tertiary/aromatic N) is 1. The molecular weight excluding hydrogens is 719 g/mol. The quantitative estimate of drug-likeness (QED) is 0.0533. The summed E-state index contributed by atoms with van der Waals surface area (Å²) in [5.74, 6) is 0. The lowest BCUT2D eigenvalue weighted by molar-refractivity contribution is 0.667. The predicted molar refractivity (Wildman–Crippen MR) is 245 cm³/mol. The van der Waals surface area contributed by atoms with Crippen LogP contribution in [-0.4, -0.2) is 14.1 Å². The molecule has 0 aliphatic carbocycles. The Hall–Kier alpha value is -2.18. The van der Waals surface area contributed by atoms with Crippen LogP contribution in [0.15, 0.2) is 53.9 Å². The van der Waals surface area contributed by atoms with E-state index >= 15 is 0 Å². The van der Waals surface area contributed by atoms with Gasteiger partial charge in [0.05, 0.1) is 0 Å². The molecule has 0 atom stereocenters. The van der Waals surface area contributed by atoms with Gasteiger partial charge < -0.3 is 4.90 Å². The molecule has 0 saturated heterocycles. The summed E-state index contributed by atoms with van der Waals surface area (Å²) in [6, 6.07) is 19.5. The van der Waals surface area contributed by atoms with Crippen LogP contribution in [0.1, 0.15) is 153 Å².